The Balaban J connectivity index is 2.36. The van der Waals surface area contributed by atoms with Crippen LogP contribution in [0.25, 0.3) is 0 Å². The van der Waals surface area contributed by atoms with E-state index in [0.29, 0.717) is 6.54 Å². The van der Waals surface area contributed by atoms with Crippen LogP contribution in [0.2, 0.25) is 0 Å². The van der Waals surface area contributed by atoms with Gasteiger partial charge in [0.1, 0.15) is 0 Å². The molecule has 1 fully saturated rings. The van der Waals surface area contributed by atoms with Gasteiger partial charge in [0.05, 0.1) is 5.92 Å². The van der Waals surface area contributed by atoms with Crippen LogP contribution in [0.3, 0.4) is 0 Å². The van der Waals surface area contributed by atoms with E-state index in [-0.39, 0.29) is 23.9 Å². The average molecular weight is 256 g/mol. The lowest BCUT2D eigenvalue weighted by molar-refractivity contribution is -0.144. The first-order valence-electron chi connectivity index (χ1n) is 6.81. The van der Waals surface area contributed by atoms with Crippen molar-refractivity contribution in [3.8, 4) is 0 Å². The maximum absolute atomic E-state index is 11.6. The van der Waals surface area contributed by atoms with Gasteiger partial charge in [-0.25, -0.2) is 4.79 Å². The summed E-state index contributed by atoms with van der Waals surface area (Å²) in [7, 11) is 0. The molecule has 0 aromatic rings. The fourth-order valence-electron chi connectivity index (χ4n) is 2.38. The van der Waals surface area contributed by atoms with E-state index in [4.69, 9.17) is 5.11 Å². The maximum atomic E-state index is 11.6. The first-order chi connectivity index (χ1) is 8.54. The van der Waals surface area contributed by atoms with Gasteiger partial charge in [0, 0.05) is 12.6 Å². The smallest absolute Gasteiger partial charge is 0.315 e. The van der Waals surface area contributed by atoms with E-state index in [0.717, 1.165) is 32.1 Å². The molecule has 2 amide bonds. The molecule has 104 valence electrons. The Morgan fingerprint density at radius 3 is 2.61 bits per heavy atom. The molecular weight excluding hydrogens is 232 g/mol. The molecule has 0 radical (unpaired) electrons. The van der Waals surface area contributed by atoms with Gasteiger partial charge in [0.2, 0.25) is 0 Å². The molecule has 0 heterocycles. The van der Waals surface area contributed by atoms with Crippen molar-refractivity contribution in [2.75, 3.05) is 6.54 Å². The van der Waals surface area contributed by atoms with E-state index in [1.54, 1.807) is 0 Å². The van der Waals surface area contributed by atoms with E-state index < -0.39 is 5.97 Å². The topological polar surface area (TPSA) is 78.4 Å². The van der Waals surface area contributed by atoms with Gasteiger partial charge < -0.3 is 15.7 Å². The summed E-state index contributed by atoms with van der Waals surface area (Å²) in [4.78, 5) is 22.7. The third-order valence-corrected chi connectivity index (χ3v) is 3.74. The van der Waals surface area contributed by atoms with E-state index in [1.807, 2.05) is 13.8 Å². The van der Waals surface area contributed by atoms with Gasteiger partial charge in [0.15, 0.2) is 0 Å². The van der Waals surface area contributed by atoms with Crippen molar-refractivity contribution in [2.45, 2.75) is 52.0 Å². The first-order valence-corrected chi connectivity index (χ1v) is 6.81. The van der Waals surface area contributed by atoms with Gasteiger partial charge >= 0.3 is 12.0 Å². The van der Waals surface area contributed by atoms with Crippen LogP contribution in [0, 0.1) is 11.8 Å². The molecule has 0 spiro atoms. The first kappa shape index (κ1) is 14.8. The number of aliphatic carboxylic acids is 1. The van der Waals surface area contributed by atoms with Crippen molar-refractivity contribution in [2.24, 2.45) is 11.8 Å². The molecule has 1 saturated carbocycles. The molecule has 3 atom stereocenters. The fraction of sp³-hybridized carbons (Fsp3) is 0.846. The van der Waals surface area contributed by atoms with E-state index >= 15 is 0 Å². The highest BCUT2D eigenvalue weighted by Crippen LogP contribution is 2.29. The van der Waals surface area contributed by atoms with Gasteiger partial charge in [-0.15, -0.1) is 0 Å². The maximum Gasteiger partial charge on any atom is 0.315 e. The van der Waals surface area contributed by atoms with E-state index in [2.05, 4.69) is 10.6 Å². The van der Waals surface area contributed by atoms with Gasteiger partial charge in [-0.1, -0.05) is 19.8 Å². The van der Waals surface area contributed by atoms with Gasteiger partial charge in [-0.05, 0) is 32.1 Å². The lowest BCUT2D eigenvalue weighted by atomic mass is 9.79. The zero-order valence-corrected chi connectivity index (χ0v) is 11.2. The highest BCUT2D eigenvalue weighted by atomic mass is 16.4. The normalized spacial score (nSPS) is 25.2. The van der Waals surface area contributed by atoms with Crippen molar-refractivity contribution >= 4 is 12.0 Å². The summed E-state index contributed by atoms with van der Waals surface area (Å²) in [6.45, 7) is 4.41. The quantitative estimate of drug-likeness (QED) is 0.703. The van der Waals surface area contributed by atoms with Crippen molar-refractivity contribution < 1.29 is 14.7 Å². The Labute approximate surface area is 108 Å². The number of hydrogen-bond donors (Lipinski definition) is 3. The van der Waals surface area contributed by atoms with Crippen LogP contribution < -0.4 is 10.6 Å². The lowest BCUT2D eigenvalue weighted by Crippen LogP contribution is -2.44. The Morgan fingerprint density at radius 1 is 1.33 bits per heavy atom. The number of amides is 2. The van der Waals surface area contributed by atoms with E-state index in [9.17, 15) is 9.59 Å². The summed E-state index contributed by atoms with van der Waals surface area (Å²) in [5, 5.41) is 14.7. The lowest BCUT2D eigenvalue weighted by Gasteiger charge is -2.28. The zero-order valence-electron chi connectivity index (χ0n) is 11.2. The molecule has 18 heavy (non-hydrogen) atoms. The number of urea groups is 1. The van der Waals surface area contributed by atoms with Crippen LogP contribution in [0.4, 0.5) is 4.79 Å². The Morgan fingerprint density at radius 2 is 2.00 bits per heavy atom. The summed E-state index contributed by atoms with van der Waals surface area (Å²) in [5.41, 5.74) is 0. The van der Waals surface area contributed by atoms with Crippen molar-refractivity contribution in [1.29, 1.82) is 0 Å². The van der Waals surface area contributed by atoms with Crippen LogP contribution in [-0.2, 0) is 4.79 Å². The molecule has 0 aliphatic heterocycles. The van der Waals surface area contributed by atoms with Crippen molar-refractivity contribution in [1.82, 2.24) is 10.6 Å². The second-order valence-electron chi connectivity index (χ2n) is 5.15. The van der Waals surface area contributed by atoms with Crippen LogP contribution >= 0.6 is 0 Å². The molecule has 0 bridgehead atoms. The Kier molecular flexibility index (Phi) is 5.95. The number of carboxylic acids is 1. The van der Waals surface area contributed by atoms with Crippen molar-refractivity contribution in [3.05, 3.63) is 0 Å². The second-order valence-corrected chi connectivity index (χ2v) is 5.15. The van der Waals surface area contributed by atoms with Crippen LogP contribution in [-0.4, -0.2) is 29.7 Å². The molecule has 1 aliphatic rings. The number of nitrogens with one attached hydrogen (secondary N) is 2. The molecule has 0 aromatic carbocycles. The molecule has 5 nitrogen and oxygen atoms in total. The van der Waals surface area contributed by atoms with E-state index in [1.165, 1.54) is 0 Å². The minimum Gasteiger partial charge on any atom is -0.481 e. The van der Waals surface area contributed by atoms with Gasteiger partial charge in [-0.3, -0.25) is 4.79 Å². The zero-order chi connectivity index (χ0) is 13.5. The summed E-state index contributed by atoms with van der Waals surface area (Å²) in [6, 6.07) is -0.0503. The summed E-state index contributed by atoms with van der Waals surface area (Å²) >= 11 is 0. The monoisotopic (exact) mass is 256 g/mol. The molecule has 5 heteroatoms. The van der Waals surface area contributed by atoms with Crippen LogP contribution in [0.15, 0.2) is 0 Å². The third-order valence-electron chi connectivity index (χ3n) is 3.74. The Bertz CT molecular complexity index is 294. The third kappa shape index (κ3) is 4.55. The number of carbonyl (C=O) groups is 2. The predicted molar refractivity (Wildman–Crippen MR) is 69.4 cm³/mol. The summed E-state index contributed by atoms with van der Waals surface area (Å²) < 4.78 is 0. The molecular formula is C13H24N2O3. The largest absolute Gasteiger partial charge is 0.481 e. The molecule has 1 aliphatic carbocycles. The minimum atomic E-state index is -0.733. The average Bonchev–Trinajstić information content (AvgIpc) is 2.36. The fourth-order valence-corrected chi connectivity index (χ4v) is 2.38. The molecule has 0 aromatic heterocycles. The van der Waals surface area contributed by atoms with Gasteiger partial charge in [0.25, 0.3) is 0 Å². The molecule has 3 N–H and O–H groups in total. The summed E-state index contributed by atoms with van der Waals surface area (Å²) in [5.74, 6) is -0.967. The molecule has 1 rings (SSSR count). The summed E-state index contributed by atoms with van der Waals surface area (Å²) in [6.07, 6.45) is 4.54. The van der Waals surface area contributed by atoms with Crippen LogP contribution in [0.5, 0.6) is 0 Å². The number of rotatable bonds is 5. The standard InChI is InChI=1S/C13H24N2O3/c1-3-9(2)15-13(18)14-8-10-6-4-5-7-11(10)12(16)17/h9-11H,3-8H2,1-2H3,(H,16,17)(H2,14,15,18). The van der Waals surface area contributed by atoms with Gasteiger partial charge in [-0.2, -0.15) is 0 Å². The minimum absolute atomic E-state index is 0.0685. The number of carboxylic acid groups (broad SMARTS) is 1. The predicted octanol–water partition coefficient (Wildman–Crippen LogP) is 1.98. The number of carbonyl (C=O) groups excluding carboxylic acids is 1. The SMILES string of the molecule is CCC(C)NC(=O)NCC1CCCCC1C(=O)O. The molecule has 3 unspecified atom stereocenters. The Hall–Kier alpha value is -1.26. The highest BCUT2D eigenvalue weighted by molar-refractivity contribution is 5.74. The number of hydrogen-bond acceptors (Lipinski definition) is 2. The van der Waals surface area contributed by atoms with Crippen molar-refractivity contribution in [3.63, 3.8) is 0 Å². The van der Waals surface area contributed by atoms with Crippen LogP contribution in [0.1, 0.15) is 46.0 Å². The molecule has 0 saturated heterocycles. The second kappa shape index (κ2) is 7.24. The highest BCUT2D eigenvalue weighted by Gasteiger charge is 2.30.